The number of aromatic nitrogens is 1. The Hall–Kier alpha value is -2.63. The predicted octanol–water partition coefficient (Wildman–Crippen LogP) is 5.70. The van der Waals surface area contributed by atoms with Crippen molar-refractivity contribution < 1.29 is 18.7 Å². The zero-order valence-corrected chi connectivity index (χ0v) is 26.7. The summed E-state index contributed by atoms with van der Waals surface area (Å²) in [6.07, 6.45) is 6.58. The van der Waals surface area contributed by atoms with Crippen molar-refractivity contribution in [3.05, 3.63) is 75.5 Å². The van der Waals surface area contributed by atoms with E-state index in [9.17, 15) is 9.59 Å². The molecule has 0 N–H and O–H groups in total. The van der Waals surface area contributed by atoms with E-state index in [-0.39, 0.29) is 12.2 Å². The molecule has 8 nitrogen and oxygen atoms in total. The third-order valence-electron chi connectivity index (χ3n) is 6.98. The van der Waals surface area contributed by atoms with Crippen molar-refractivity contribution in [3.8, 4) is 5.75 Å². The van der Waals surface area contributed by atoms with E-state index in [2.05, 4.69) is 36.8 Å². The highest BCUT2D eigenvalue weighted by molar-refractivity contribution is 9.10. The Balaban J connectivity index is 1.71. The third kappa shape index (κ3) is 5.60. The number of fused-ring (bicyclic) bond motifs is 1. The number of hydrogen-bond donors (Lipinski definition) is 0. The Morgan fingerprint density at radius 2 is 1.98 bits per heavy atom. The zero-order valence-electron chi connectivity index (χ0n) is 22.7. The molecule has 0 aliphatic carbocycles. The molecular weight excluding hydrogens is 662 g/mol. The molecule has 0 bridgehead atoms. The van der Waals surface area contributed by atoms with Gasteiger partial charge in [0.1, 0.15) is 17.6 Å². The van der Waals surface area contributed by atoms with Gasteiger partial charge in [0, 0.05) is 35.3 Å². The molecule has 2 aliphatic heterocycles. The number of ether oxygens (including phenoxy) is 2. The summed E-state index contributed by atoms with van der Waals surface area (Å²) in [5.74, 6) is 1.43. The SMILES string of the molecule is CCCC1=C(C(=O)OCC)[C@H](c2cc(Br)ccc2OC)n2c(s/c(=C/c3cc(Br)c(N4CCCCC4)o3)c2=O)=N1. The van der Waals surface area contributed by atoms with Gasteiger partial charge in [-0.15, -0.1) is 0 Å². The Bertz CT molecular complexity index is 1630. The van der Waals surface area contributed by atoms with Gasteiger partial charge in [-0.25, -0.2) is 9.79 Å². The van der Waals surface area contributed by atoms with Crippen molar-refractivity contribution in [3.63, 3.8) is 0 Å². The third-order valence-corrected chi connectivity index (χ3v) is 9.03. The lowest BCUT2D eigenvalue weighted by Crippen LogP contribution is -2.40. The topological polar surface area (TPSA) is 86.3 Å². The number of rotatable bonds is 8. The number of methoxy groups -OCH3 is 1. The van der Waals surface area contributed by atoms with Crippen molar-refractivity contribution in [2.24, 2.45) is 4.99 Å². The van der Waals surface area contributed by atoms with Crippen molar-refractivity contribution in [2.45, 2.75) is 52.0 Å². The molecule has 0 amide bonds. The summed E-state index contributed by atoms with van der Waals surface area (Å²) in [5, 5.41) is 0. The van der Waals surface area contributed by atoms with Gasteiger partial charge >= 0.3 is 5.97 Å². The lowest BCUT2D eigenvalue weighted by Gasteiger charge is -2.27. The number of benzene rings is 1. The van der Waals surface area contributed by atoms with Crippen LogP contribution in [-0.2, 0) is 9.53 Å². The second kappa shape index (κ2) is 12.5. The van der Waals surface area contributed by atoms with Gasteiger partial charge < -0.3 is 18.8 Å². The molecule has 5 rings (SSSR count). The van der Waals surface area contributed by atoms with Crippen LogP contribution in [0.15, 0.2) is 58.7 Å². The molecule has 0 spiro atoms. The van der Waals surface area contributed by atoms with E-state index in [1.165, 1.54) is 17.8 Å². The number of hydrogen-bond acceptors (Lipinski definition) is 8. The van der Waals surface area contributed by atoms with Crippen LogP contribution < -0.4 is 24.5 Å². The molecule has 2 aromatic heterocycles. The number of esters is 1. The minimum atomic E-state index is -0.765. The van der Waals surface area contributed by atoms with E-state index in [4.69, 9.17) is 18.9 Å². The molecule has 0 saturated carbocycles. The number of furan rings is 1. The largest absolute Gasteiger partial charge is 0.496 e. The average molecular weight is 693 g/mol. The molecule has 212 valence electrons. The van der Waals surface area contributed by atoms with Crippen molar-refractivity contribution in [2.75, 3.05) is 31.7 Å². The summed E-state index contributed by atoms with van der Waals surface area (Å²) in [6, 6.07) is 6.69. The Morgan fingerprint density at radius 1 is 1.20 bits per heavy atom. The molecule has 0 radical (unpaired) electrons. The minimum absolute atomic E-state index is 0.210. The molecule has 2 aliphatic rings. The van der Waals surface area contributed by atoms with E-state index < -0.39 is 12.0 Å². The summed E-state index contributed by atoms with van der Waals surface area (Å²) in [5.41, 5.74) is 1.38. The van der Waals surface area contributed by atoms with Gasteiger partial charge in [-0.3, -0.25) is 9.36 Å². The number of nitrogens with zero attached hydrogens (tertiary/aromatic N) is 3. The fourth-order valence-corrected chi connectivity index (χ4v) is 7.16. The lowest BCUT2D eigenvalue weighted by molar-refractivity contribution is -0.139. The maximum absolute atomic E-state index is 14.1. The summed E-state index contributed by atoms with van der Waals surface area (Å²) in [4.78, 5) is 35.1. The normalized spacial score (nSPS) is 17.6. The molecule has 40 heavy (non-hydrogen) atoms. The van der Waals surface area contributed by atoms with Crippen molar-refractivity contribution >= 4 is 61.1 Å². The quantitative estimate of drug-likeness (QED) is 0.282. The highest BCUT2D eigenvalue weighted by atomic mass is 79.9. The van der Waals surface area contributed by atoms with Crippen LogP contribution in [-0.4, -0.2) is 37.3 Å². The number of piperidine rings is 1. The lowest BCUT2D eigenvalue weighted by atomic mass is 9.93. The molecule has 1 fully saturated rings. The number of allylic oxidation sites excluding steroid dienone is 1. The number of carbonyl (C=O) groups is 1. The molecule has 1 atom stereocenters. The van der Waals surface area contributed by atoms with Crippen LogP contribution in [0.3, 0.4) is 0 Å². The van der Waals surface area contributed by atoms with Crippen molar-refractivity contribution in [1.29, 1.82) is 0 Å². The summed E-state index contributed by atoms with van der Waals surface area (Å²) in [7, 11) is 1.58. The van der Waals surface area contributed by atoms with Crippen LogP contribution in [0.2, 0.25) is 0 Å². The van der Waals surface area contributed by atoms with E-state index in [1.54, 1.807) is 24.7 Å². The zero-order chi connectivity index (χ0) is 28.4. The summed E-state index contributed by atoms with van der Waals surface area (Å²) < 4.78 is 21.1. The molecule has 1 aromatic carbocycles. The van der Waals surface area contributed by atoms with Crippen LogP contribution in [0.5, 0.6) is 5.75 Å². The number of halogens is 2. The molecular formula is C29H31Br2N3O5S. The van der Waals surface area contributed by atoms with Crippen LogP contribution in [0.1, 0.15) is 63.3 Å². The monoisotopic (exact) mass is 691 g/mol. The first-order valence-corrected chi connectivity index (χ1v) is 15.9. The fourth-order valence-electron chi connectivity index (χ4n) is 5.22. The average Bonchev–Trinajstić information content (AvgIpc) is 3.47. The number of thiazole rings is 1. The first-order valence-electron chi connectivity index (χ1n) is 13.5. The van der Waals surface area contributed by atoms with Gasteiger partial charge in [0.15, 0.2) is 4.80 Å². The maximum atomic E-state index is 14.1. The van der Waals surface area contributed by atoms with Crippen LogP contribution >= 0.6 is 43.2 Å². The van der Waals surface area contributed by atoms with Gasteiger partial charge in [0.2, 0.25) is 5.88 Å². The molecule has 4 heterocycles. The van der Waals surface area contributed by atoms with Gasteiger partial charge in [-0.1, -0.05) is 40.6 Å². The molecule has 0 unspecified atom stereocenters. The Kier molecular flexibility index (Phi) is 9.01. The Labute approximate surface area is 253 Å². The fraction of sp³-hybridized carbons (Fsp3) is 0.414. The summed E-state index contributed by atoms with van der Waals surface area (Å²) >= 11 is 8.47. The first-order chi connectivity index (χ1) is 19.4. The molecule has 1 saturated heterocycles. The highest BCUT2D eigenvalue weighted by Gasteiger charge is 2.36. The summed E-state index contributed by atoms with van der Waals surface area (Å²) in [6.45, 7) is 5.89. The second-order valence-electron chi connectivity index (χ2n) is 9.65. The van der Waals surface area contributed by atoms with Crippen LogP contribution in [0.4, 0.5) is 5.88 Å². The van der Waals surface area contributed by atoms with Gasteiger partial charge in [0.25, 0.3) is 5.56 Å². The maximum Gasteiger partial charge on any atom is 0.338 e. The second-order valence-corrected chi connectivity index (χ2v) is 12.4. The Morgan fingerprint density at radius 3 is 2.67 bits per heavy atom. The molecule has 3 aromatic rings. The molecule has 11 heteroatoms. The van der Waals surface area contributed by atoms with Crippen LogP contribution in [0, 0.1) is 0 Å². The highest BCUT2D eigenvalue weighted by Crippen LogP contribution is 2.38. The van der Waals surface area contributed by atoms with E-state index in [1.807, 2.05) is 31.2 Å². The van der Waals surface area contributed by atoms with E-state index in [0.29, 0.717) is 44.1 Å². The van der Waals surface area contributed by atoms with Gasteiger partial charge in [-0.05, 0) is 66.7 Å². The number of anilines is 1. The van der Waals surface area contributed by atoms with Crippen LogP contribution in [0.25, 0.3) is 6.08 Å². The first kappa shape index (κ1) is 28.9. The number of carbonyl (C=O) groups excluding carboxylic acids is 1. The van der Waals surface area contributed by atoms with E-state index in [0.717, 1.165) is 47.2 Å². The smallest absolute Gasteiger partial charge is 0.338 e. The van der Waals surface area contributed by atoms with E-state index >= 15 is 0 Å². The standard InChI is InChI=1S/C29H31Br2N3O5S/c1-4-9-21-24(28(36)38-5-2)25(19-14-17(30)10-11-22(19)37-3)34-26(35)23(40-29(34)32-21)16-18-15-20(31)27(39-18)33-12-7-6-8-13-33/h10-11,14-16,25H,4-9,12-13H2,1-3H3/b23-16+/t25-/m0/s1. The minimum Gasteiger partial charge on any atom is -0.496 e. The van der Waals surface area contributed by atoms with Crippen molar-refractivity contribution in [1.82, 2.24) is 4.57 Å². The predicted molar refractivity (Wildman–Crippen MR) is 163 cm³/mol. The van der Waals surface area contributed by atoms with Gasteiger partial charge in [-0.2, -0.15) is 0 Å². The van der Waals surface area contributed by atoms with Gasteiger partial charge in [0.05, 0.1) is 34.0 Å².